The molecule has 8 rings (SSSR count). The first kappa shape index (κ1) is 30.9. The second-order valence-corrected chi connectivity index (χ2v) is 12.9. The van der Waals surface area contributed by atoms with E-state index >= 15 is 0 Å². The van der Waals surface area contributed by atoms with Gasteiger partial charge in [-0.15, -0.1) is 0 Å². The highest BCUT2D eigenvalue weighted by atomic mass is 32.2. The Hall–Kier alpha value is -6.39. The van der Waals surface area contributed by atoms with E-state index in [4.69, 9.17) is 9.97 Å². The van der Waals surface area contributed by atoms with Gasteiger partial charge in [0.15, 0.2) is 0 Å². The largest absolute Gasteiger partial charge is 0.337 e. The average molecular weight is 677 g/mol. The quantitative estimate of drug-likeness (QED) is 0.167. The summed E-state index contributed by atoms with van der Waals surface area (Å²) in [7, 11) is -1.44. The minimum absolute atomic E-state index is 0.319. The number of rotatable bonds is 8. The van der Waals surface area contributed by atoms with Gasteiger partial charge in [0, 0.05) is 68.0 Å². The fourth-order valence-corrected chi connectivity index (χ4v) is 6.76. The topological polar surface area (TPSA) is 100 Å². The number of aromatic amines is 2. The van der Waals surface area contributed by atoms with E-state index in [2.05, 4.69) is 19.9 Å². The van der Waals surface area contributed by atoms with Crippen molar-refractivity contribution in [3.8, 4) is 67.8 Å². The molecule has 0 radical (unpaired) electrons. The number of H-pyrrole nitrogens is 2. The molecule has 0 atom stereocenters. The second kappa shape index (κ2) is 13.3. The van der Waals surface area contributed by atoms with Gasteiger partial charge < -0.3 is 9.97 Å². The molecular weight excluding hydrogens is 651 g/mol. The monoisotopic (exact) mass is 676 g/mol. The molecule has 0 aliphatic rings. The Kier molecular flexibility index (Phi) is 8.19. The van der Waals surface area contributed by atoms with Gasteiger partial charge in [-0.25, -0.2) is 23.0 Å². The molecule has 8 aromatic rings. The molecule has 4 aromatic carbocycles. The number of imidazole rings is 2. The lowest BCUT2D eigenvalue weighted by Crippen LogP contribution is -1.93. The van der Waals surface area contributed by atoms with Crippen LogP contribution in [0, 0.1) is 11.6 Å². The zero-order chi connectivity index (χ0) is 34.0. The molecule has 0 bridgehead atoms. The van der Waals surface area contributed by atoms with Crippen molar-refractivity contribution in [3.63, 3.8) is 0 Å². The molecule has 0 saturated carbocycles. The lowest BCUT2D eigenvalue weighted by Gasteiger charge is -2.05. The van der Waals surface area contributed by atoms with Gasteiger partial charge >= 0.3 is 0 Å². The van der Waals surface area contributed by atoms with Gasteiger partial charge in [-0.2, -0.15) is 0 Å². The molecule has 0 unspecified atom stereocenters. The summed E-state index contributed by atoms with van der Waals surface area (Å²) >= 11 is 0. The van der Waals surface area contributed by atoms with Gasteiger partial charge in [-0.3, -0.25) is 9.97 Å². The first-order valence-electron chi connectivity index (χ1n) is 15.7. The van der Waals surface area contributed by atoms with E-state index in [9.17, 15) is 13.0 Å². The number of aromatic nitrogens is 6. The minimum atomic E-state index is -1.44. The maximum atomic E-state index is 13.7. The van der Waals surface area contributed by atoms with E-state index in [1.807, 2.05) is 72.8 Å². The van der Waals surface area contributed by atoms with Crippen LogP contribution in [0.4, 0.5) is 8.78 Å². The first-order chi connectivity index (χ1) is 24.5. The highest BCUT2D eigenvalue weighted by Gasteiger charge is 2.18. The van der Waals surface area contributed by atoms with Crippen molar-refractivity contribution < 1.29 is 13.0 Å². The van der Waals surface area contributed by atoms with Gasteiger partial charge in [0.2, 0.25) is 0 Å². The van der Waals surface area contributed by atoms with Gasteiger partial charge in [0.25, 0.3) is 0 Å². The summed E-state index contributed by atoms with van der Waals surface area (Å²) < 4.78 is 41.0. The van der Waals surface area contributed by atoms with Gasteiger partial charge in [-0.1, -0.05) is 24.3 Å². The smallest absolute Gasteiger partial charge is 0.138 e. The molecule has 0 aliphatic heterocycles. The molecule has 4 heterocycles. The van der Waals surface area contributed by atoms with Crippen LogP contribution in [0.15, 0.2) is 156 Å². The van der Waals surface area contributed by atoms with Crippen LogP contribution in [0.25, 0.3) is 67.8 Å². The predicted molar refractivity (Wildman–Crippen MR) is 190 cm³/mol. The SMILES string of the molecule is O=S(c1ccc(-c2nc(-c3ccc(F)cc3)c(-c3ccncc3)[nH]2)cc1)c1ccc(-c2nc(-c3ccc(F)cc3)c(-c3ccncc3)[nH]2)cc1. The third-order valence-corrected chi connectivity index (χ3v) is 9.67. The Morgan fingerprint density at radius 3 is 1.12 bits per heavy atom. The van der Waals surface area contributed by atoms with Crippen LogP contribution in [0.2, 0.25) is 0 Å². The summed E-state index contributed by atoms with van der Waals surface area (Å²) in [5.74, 6) is 0.616. The predicted octanol–water partition coefficient (Wildman–Crippen LogP) is 9.37. The Bertz CT molecular complexity index is 2260. The fraction of sp³-hybridized carbons (Fsp3) is 0. The lowest BCUT2D eigenvalue weighted by atomic mass is 10.1. The number of nitrogens with zero attached hydrogens (tertiary/aromatic N) is 4. The van der Waals surface area contributed by atoms with E-state index in [1.165, 1.54) is 24.3 Å². The molecule has 0 saturated heterocycles. The van der Waals surface area contributed by atoms with Crippen LogP contribution in [0.1, 0.15) is 0 Å². The molecule has 0 aliphatic carbocycles. The van der Waals surface area contributed by atoms with Gasteiger partial charge in [0.1, 0.15) is 23.3 Å². The maximum absolute atomic E-state index is 13.7. The number of hydrogen-bond donors (Lipinski definition) is 2. The summed E-state index contributed by atoms with van der Waals surface area (Å²) in [4.78, 5) is 26.1. The van der Waals surface area contributed by atoms with Crippen molar-refractivity contribution in [1.29, 1.82) is 0 Å². The molecular formula is C40H26F2N6OS. The van der Waals surface area contributed by atoms with Crippen molar-refractivity contribution >= 4 is 10.8 Å². The van der Waals surface area contributed by atoms with Crippen molar-refractivity contribution in [2.24, 2.45) is 0 Å². The number of halogens is 2. The molecule has 0 fully saturated rings. The molecule has 10 heteroatoms. The van der Waals surface area contributed by atoms with Crippen molar-refractivity contribution in [1.82, 2.24) is 29.9 Å². The minimum Gasteiger partial charge on any atom is -0.337 e. The zero-order valence-corrected chi connectivity index (χ0v) is 27.0. The Balaban J connectivity index is 1.06. The van der Waals surface area contributed by atoms with E-state index in [0.29, 0.717) is 32.8 Å². The van der Waals surface area contributed by atoms with Crippen LogP contribution < -0.4 is 0 Å². The lowest BCUT2D eigenvalue weighted by molar-refractivity contribution is 0.627. The maximum Gasteiger partial charge on any atom is 0.138 e. The summed E-state index contributed by atoms with van der Waals surface area (Å²) in [5.41, 5.74) is 7.92. The Morgan fingerprint density at radius 2 is 0.760 bits per heavy atom. The third kappa shape index (κ3) is 6.15. The fourth-order valence-electron chi connectivity index (χ4n) is 5.72. The number of hydrogen-bond acceptors (Lipinski definition) is 5. The summed E-state index contributed by atoms with van der Waals surface area (Å²) in [6.45, 7) is 0. The van der Waals surface area contributed by atoms with Crippen LogP contribution >= 0.6 is 0 Å². The molecule has 50 heavy (non-hydrogen) atoms. The molecule has 2 N–H and O–H groups in total. The zero-order valence-electron chi connectivity index (χ0n) is 26.2. The van der Waals surface area contributed by atoms with Crippen LogP contribution in [0.3, 0.4) is 0 Å². The van der Waals surface area contributed by atoms with Gasteiger partial charge in [0.05, 0.1) is 33.6 Å². The van der Waals surface area contributed by atoms with Gasteiger partial charge in [-0.05, 0) is 97.1 Å². The molecule has 0 spiro atoms. The highest BCUT2D eigenvalue weighted by Crippen LogP contribution is 2.35. The molecule has 0 amide bonds. The third-order valence-electron chi connectivity index (χ3n) is 8.26. The summed E-state index contributed by atoms with van der Waals surface area (Å²) in [6.07, 6.45) is 6.84. The van der Waals surface area contributed by atoms with Crippen molar-refractivity contribution in [3.05, 3.63) is 158 Å². The van der Waals surface area contributed by atoms with Crippen LogP contribution in [-0.4, -0.2) is 34.1 Å². The number of benzene rings is 4. The van der Waals surface area contributed by atoms with Crippen LogP contribution in [-0.2, 0) is 10.8 Å². The standard InChI is InChI=1S/C40H26F2N6OS/c41-31-9-1-25(2-10-31)35-37(27-17-21-43-22-18-27)47-39(45-35)29-5-13-33(14-6-29)50(49)34-15-7-30(8-16-34)40-46-36(26-3-11-32(42)12-4-26)38(48-40)28-19-23-44-24-20-28/h1-24H,(H,45,47)(H,46,48). The average Bonchev–Trinajstić information content (AvgIpc) is 3.83. The Labute approximate surface area is 288 Å². The van der Waals surface area contributed by atoms with Crippen LogP contribution in [0.5, 0.6) is 0 Å². The summed E-state index contributed by atoms with van der Waals surface area (Å²) in [5, 5.41) is 0. The molecule has 7 nitrogen and oxygen atoms in total. The summed E-state index contributed by atoms with van der Waals surface area (Å²) in [6, 6.07) is 34.8. The highest BCUT2D eigenvalue weighted by molar-refractivity contribution is 7.85. The normalized spacial score (nSPS) is 11.3. The van der Waals surface area contributed by atoms with Crippen molar-refractivity contribution in [2.45, 2.75) is 9.79 Å². The van der Waals surface area contributed by atoms with E-state index in [-0.39, 0.29) is 11.6 Å². The number of nitrogens with one attached hydrogen (secondary N) is 2. The van der Waals surface area contributed by atoms with E-state index < -0.39 is 10.8 Å². The van der Waals surface area contributed by atoms with Crippen molar-refractivity contribution in [2.75, 3.05) is 0 Å². The number of pyridine rings is 2. The molecule has 4 aromatic heterocycles. The van der Waals surface area contributed by atoms with E-state index in [1.54, 1.807) is 49.1 Å². The second-order valence-electron chi connectivity index (χ2n) is 11.4. The van der Waals surface area contributed by atoms with E-state index in [0.717, 1.165) is 44.8 Å². The first-order valence-corrected chi connectivity index (χ1v) is 16.8. The Morgan fingerprint density at radius 1 is 0.420 bits per heavy atom. The molecule has 242 valence electrons.